The second kappa shape index (κ2) is 6.66. The minimum Gasteiger partial charge on any atom is -0.477 e. The zero-order valence-electron chi connectivity index (χ0n) is 11.5. The molecule has 3 nitrogen and oxygen atoms in total. The summed E-state index contributed by atoms with van der Waals surface area (Å²) >= 11 is 0. The highest BCUT2D eigenvalue weighted by Gasteiger charge is 2.05. The van der Waals surface area contributed by atoms with Crippen LogP contribution in [0.4, 0.5) is 0 Å². The normalized spacial score (nSPS) is 10.8. The van der Waals surface area contributed by atoms with Crippen molar-refractivity contribution in [2.75, 3.05) is 0 Å². The fourth-order valence-corrected chi connectivity index (χ4v) is 1.90. The highest BCUT2D eigenvalue weighted by Crippen LogP contribution is 2.09. The molecule has 2 rings (SSSR count). The maximum atomic E-state index is 10.6. The van der Waals surface area contributed by atoms with Crippen molar-refractivity contribution < 1.29 is 14.5 Å². The highest BCUT2D eigenvalue weighted by molar-refractivity contribution is 5.69. The first-order valence-corrected chi connectivity index (χ1v) is 6.65. The number of aryl methyl sites for hydroxylation is 1. The molecule has 0 amide bonds. The zero-order valence-corrected chi connectivity index (χ0v) is 11.5. The summed E-state index contributed by atoms with van der Waals surface area (Å²) in [6.07, 6.45) is 8.66. The van der Waals surface area contributed by atoms with E-state index in [0.717, 1.165) is 17.5 Å². The average Bonchev–Trinajstić information content (AvgIpc) is 2.46. The van der Waals surface area contributed by atoms with E-state index in [-0.39, 0.29) is 6.54 Å². The van der Waals surface area contributed by atoms with Crippen LogP contribution in [0.2, 0.25) is 0 Å². The van der Waals surface area contributed by atoms with Crippen molar-refractivity contribution in [2.45, 2.75) is 19.9 Å². The summed E-state index contributed by atoms with van der Waals surface area (Å²) in [5.41, 5.74) is 3.53. The van der Waals surface area contributed by atoms with E-state index in [1.807, 2.05) is 18.2 Å². The molecule has 1 aromatic heterocycles. The predicted octanol–water partition coefficient (Wildman–Crippen LogP) is 2.79. The number of aromatic nitrogens is 1. The Labute approximate surface area is 118 Å². The second-order valence-electron chi connectivity index (χ2n) is 4.63. The quantitative estimate of drug-likeness (QED) is 0.847. The van der Waals surface area contributed by atoms with E-state index < -0.39 is 5.97 Å². The molecule has 1 aromatic carbocycles. The number of carboxylic acid groups (broad SMARTS) is 1. The lowest BCUT2D eigenvalue weighted by molar-refractivity contribution is -0.685. The topological polar surface area (TPSA) is 41.2 Å². The Morgan fingerprint density at radius 1 is 1.05 bits per heavy atom. The number of carbonyl (C=O) groups is 1. The second-order valence-corrected chi connectivity index (χ2v) is 4.63. The van der Waals surface area contributed by atoms with Gasteiger partial charge in [-0.1, -0.05) is 43.3 Å². The first-order valence-electron chi connectivity index (χ1n) is 6.65. The van der Waals surface area contributed by atoms with Crippen molar-refractivity contribution in [2.24, 2.45) is 0 Å². The third-order valence-corrected chi connectivity index (χ3v) is 3.09. The third kappa shape index (κ3) is 4.05. The predicted molar refractivity (Wildman–Crippen MR) is 79.0 cm³/mol. The molecule has 0 unspecified atom stereocenters. The summed E-state index contributed by atoms with van der Waals surface area (Å²) in [4.78, 5) is 10.6. The molecule has 0 aliphatic rings. The standard InChI is InChI=1S/C17H17NO2/c1-2-14-3-5-15(6-4-14)7-8-16-9-11-18(12-10-16)13-17(19)20/h3-12H,2,13H2,1H3/p+1/b8-7-. The number of benzene rings is 1. The lowest BCUT2D eigenvalue weighted by atomic mass is 10.1. The van der Waals surface area contributed by atoms with Crippen molar-refractivity contribution in [3.63, 3.8) is 0 Å². The Kier molecular flexibility index (Phi) is 4.66. The fraction of sp³-hybridized carbons (Fsp3) is 0.176. The summed E-state index contributed by atoms with van der Waals surface area (Å²) in [7, 11) is 0. The number of rotatable bonds is 5. The van der Waals surface area contributed by atoms with Crippen molar-refractivity contribution in [3.05, 3.63) is 65.5 Å². The van der Waals surface area contributed by atoms with Gasteiger partial charge in [0.05, 0.1) is 0 Å². The molecule has 0 bridgehead atoms. The van der Waals surface area contributed by atoms with Crippen LogP contribution in [0.15, 0.2) is 48.8 Å². The van der Waals surface area contributed by atoms with Gasteiger partial charge in [-0.3, -0.25) is 0 Å². The molecule has 0 saturated carbocycles. The van der Waals surface area contributed by atoms with Gasteiger partial charge in [0.25, 0.3) is 0 Å². The van der Waals surface area contributed by atoms with E-state index in [4.69, 9.17) is 5.11 Å². The molecule has 0 saturated heterocycles. The Bertz CT molecular complexity index is 598. The number of hydrogen-bond donors (Lipinski definition) is 1. The molecule has 0 aliphatic carbocycles. The van der Waals surface area contributed by atoms with Crippen LogP contribution in [0.25, 0.3) is 12.2 Å². The van der Waals surface area contributed by atoms with Crippen molar-refractivity contribution >= 4 is 18.1 Å². The molecule has 2 aromatic rings. The summed E-state index contributed by atoms with van der Waals surface area (Å²) in [5.74, 6) is -0.839. The molecule has 1 heterocycles. The Balaban J connectivity index is 2.04. The van der Waals surface area contributed by atoms with Gasteiger partial charge in [-0.25, -0.2) is 4.79 Å². The van der Waals surface area contributed by atoms with Crippen LogP contribution in [0.5, 0.6) is 0 Å². The van der Waals surface area contributed by atoms with E-state index in [1.54, 1.807) is 17.0 Å². The SMILES string of the molecule is CCc1ccc(/C=C\c2cc[n+](CC(=O)O)cc2)cc1. The molecule has 3 heteroatoms. The Hall–Kier alpha value is -2.42. The van der Waals surface area contributed by atoms with Crippen molar-refractivity contribution in [3.8, 4) is 0 Å². The van der Waals surface area contributed by atoms with Gasteiger partial charge in [0.2, 0.25) is 6.54 Å². The van der Waals surface area contributed by atoms with Gasteiger partial charge >= 0.3 is 5.97 Å². The highest BCUT2D eigenvalue weighted by atomic mass is 16.4. The smallest absolute Gasteiger partial charge is 0.370 e. The van der Waals surface area contributed by atoms with Gasteiger partial charge in [-0.15, -0.1) is 0 Å². The van der Waals surface area contributed by atoms with E-state index in [2.05, 4.69) is 37.3 Å². The number of hydrogen-bond acceptors (Lipinski definition) is 1. The fourth-order valence-electron chi connectivity index (χ4n) is 1.90. The van der Waals surface area contributed by atoms with Gasteiger partial charge in [0.1, 0.15) is 0 Å². The van der Waals surface area contributed by atoms with Crippen molar-refractivity contribution in [1.29, 1.82) is 0 Å². The number of nitrogens with zero attached hydrogens (tertiary/aromatic N) is 1. The molecule has 102 valence electrons. The van der Waals surface area contributed by atoms with Gasteiger partial charge in [0.15, 0.2) is 12.4 Å². The minimum absolute atomic E-state index is 0.0114. The van der Waals surface area contributed by atoms with Crippen LogP contribution in [0, 0.1) is 0 Å². The first-order chi connectivity index (χ1) is 9.67. The molecule has 0 radical (unpaired) electrons. The first kappa shape index (κ1) is 14.0. The maximum absolute atomic E-state index is 10.6. The van der Waals surface area contributed by atoms with E-state index in [1.165, 1.54) is 5.56 Å². The monoisotopic (exact) mass is 268 g/mol. The molecular weight excluding hydrogens is 250 g/mol. The van der Waals surface area contributed by atoms with Crippen LogP contribution in [-0.2, 0) is 17.8 Å². The van der Waals surface area contributed by atoms with Gasteiger partial charge in [-0.05, 0) is 23.1 Å². The molecule has 0 fully saturated rings. The number of aliphatic carboxylic acids is 1. The average molecular weight is 268 g/mol. The van der Waals surface area contributed by atoms with Gasteiger partial charge in [0, 0.05) is 12.1 Å². The summed E-state index contributed by atoms with van der Waals surface area (Å²) in [5, 5.41) is 8.70. The van der Waals surface area contributed by atoms with E-state index in [0.29, 0.717) is 0 Å². The molecule has 0 spiro atoms. The zero-order chi connectivity index (χ0) is 14.4. The summed E-state index contributed by atoms with van der Waals surface area (Å²) in [6.45, 7) is 2.13. The van der Waals surface area contributed by atoms with Crippen LogP contribution in [0.1, 0.15) is 23.6 Å². The molecule has 20 heavy (non-hydrogen) atoms. The number of carboxylic acids is 1. The van der Waals surface area contributed by atoms with Crippen LogP contribution in [-0.4, -0.2) is 11.1 Å². The largest absolute Gasteiger partial charge is 0.477 e. The van der Waals surface area contributed by atoms with Crippen LogP contribution >= 0.6 is 0 Å². The molecule has 1 N–H and O–H groups in total. The van der Waals surface area contributed by atoms with E-state index in [9.17, 15) is 4.79 Å². The molecular formula is C17H18NO2+. The lowest BCUT2D eigenvalue weighted by Gasteiger charge is -1.97. The maximum Gasteiger partial charge on any atom is 0.370 e. The van der Waals surface area contributed by atoms with Crippen molar-refractivity contribution in [1.82, 2.24) is 0 Å². The van der Waals surface area contributed by atoms with Gasteiger partial charge in [-0.2, -0.15) is 4.57 Å². The Morgan fingerprint density at radius 2 is 1.60 bits per heavy atom. The number of pyridine rings is 1. The lowest BCUT2D eigenvalue weighted by Crippen LogP contribution is -2.36. The van der Waals surface area contributed by atoms with Crippen LogP contribution < -0.4 is 4.57 Å². The summed E-state index contributed by atoms with van der Waals surface area (Å²) in [6, 6.07) is 12.3. The van der Waals surface area contributed by atoms with Gasteiger partial charge < -0.3 is 5.11 Å². The Morgan fingerprint density at radius 3 is 2.10 bits per heavy atom. The molecule has 0 aliphatic heterocycles. The van der Waals surface area contributed by atoms with E-state index >= 15 is 0 Å². The summed E-state index contributed by atoms with van der Waals surface area (Å²) < 4.78 is 1.63. The molecule has 0 atom stereocenters. The third-order valence-electron chi connectivity index (χ3n) is 3.09. The minimum atomic E-state index is -0.839. The van der Waals surface area contributed by atoms with Crippen LogP contribution in [0.3, 0.4) is 0 Å².